The van der Waals surface area contributed by atoms with E-state index in [9.17, 15) is 4.79 Å². The molecule has 5 nitrogen and oxygen atoms in total. The summed E-state index contributed by atoms with van der Waals surface area (Å²) in [5.74, 6) is -0.0817. The summed E-state index contributed by atoms with van der Waals surface area (Å²) < 4.78 is 0. The Kier molecular flexibility index (Phi) is 4.77. The fourth-order valence-corrected chi connectivity index (χ4v) is 3.59. The van der Waals surface area contributed by atoms with Gasteiger partial charge in [-0.25, -0.2) is 0 Å². The lowest BCUT2D eigenvalue weighted by Crippen LogP contribution is -2.44. The van der Waals surface area contributed by atoms with E-state index in [1.807, 2.05) is 37.3 Å². The van der Waals surface area contributed by atoms with Gasteiger partial charge in [0.25, 0.3) is 5.91 Å². The van der Waals surface area contributed by atoms with Crippen molar-refractivity contribution in [1.29, 1.82) is 0 Å². The average Bonchev–Trinajstić information content (AvgIpc) is 2.68. The highest BCUT2D eigenvalue weighted by atomic mass is 16.1. The summed E-state index contributed by atoms with van der Waals surface area (Å²) in [5.41, 5.74) is 3.69. The first kappa shape index (κ1) is 17.5. The van der Waals surface area contributed by atoms with E-state index in [1.54, 1.807) is 12.4 Å². The van der Waals surface area contributed by atoms with Gasteiger partial charge in [0.1, 0.15) is 0 Å². The van der Waals surface area contributed by atoms with Gasteiger partial charge in [0.05, 0.1) is 0 Å². The SMILES string of the molecule is Cc1cc(N2CCN(C)CC2)ccc1C(=O)Nc1cccc2cnccc12. The Morgan fingerprint density at radius 3 is 2.67 bits per heavy atom. The second-order valence-electron chi connectivity index (χ2n) is 7.15. The number of fused-ring (bicyclic) bond motifs is 1. The highest BCUT2D eigenvalue weighted by Crippen LogP contribution is 2.25. The minimum Gasteiger partial charge on any atom is -0.369 e. The number of aromatic nitrogens is 1. The van der Waals surface area contributed by atoms with Gasteiger partial charge in [-0.05, 0) is 49.9 Å². The van der Waals surface area contributed by atoms with Crippen molar-refractivity contribution in [2.75, 3.05) is 43.4 Å². The summed E-state index contributed by atoms with van der Waals surface area (Å²) in [5, 5.41) is 5.06. The van der Waals surface area contributed by atoms with Crippen molar-refractivity contribution in [3.05, 3.63) is 66.0 Å². The van der Waals surface area contributed by atoms with Gasteiger partial charge in [-0.1, -0.05) is 12.1 Å². The molecule has 1 aromatic heterocycles. The molecule has 1 saturated heterocycles. The number of amides is 1. The second kappa shape index (κ2) is 7.37. The number of piperazine rings is 1. The third kappa shape index (κ3) is 3.64. The fraction of sp³-hybridized carbons (Fsp3) is 0.273. The van der Waals surface area contributed by atoms with Gasteiger partial charge in [0.15, 0.2) is 0 Å². The monoisotopic (exact) mass is 360 g/mol. The number of rotatable bonds is 3. The number of anilines is 2. The molecule has 1 N–H and O–H groups in total. The molecule has 4 rings (SSSR count). The van der Waals surface area contributed by atoms with Gasteiger partial charge >= 0.3 is 0 Å². The van der Waals surface area contributed by atoms with E-state index in [1.165, 1.54) is 5.69 Å². The molecule has 138 valence electrons. The lowest BCUT2D eigenvalue weighted by Gasteiger charge is -2.34. The van der Waals surface area contributed by atoms with Crippen LogP contribution in [0.5, 0.6) is 0 Å². The Labute approximate surface area is 159 Å². The maximum atomic E-state index is 12.9. The number of hydrogen-bond donors (Lipinski definition) is 1. The van der Waals surface area contributed by atoms with Crippen LogP contribution in [-0.4, -0.2) is 49.0 Å². The first-order valence-electron chi connectivity index (χ1n) is 9.30. The van der Waals surface area contributed by atoms with Crippen molar-refractivity contribution in [3.63, 3.8) is 0 Å². The molecule has 0 bridgehead atoms. The van der Waals surface area contributed by atoms with E-state index < -0.39 is 0 Å². The van der Waals surface area contributed by atoms with Crippen LogP contribution in [0.2, 0.25) is 0 Å². The Bertz CT molecular complexity index is 972. The summed E-state index contributed by atoms with van der Waals surface area (Å²) in [6.45, 7) is 6.17. The molecule has 0 radical (unpaired) electrons. The normalized spacial score (nSPS) is 15.1. The van der Waals surface area contributed by atoms with Crippen molar-refractivity contribution in [1.82, 2.24) is 9.88 Å². The van der Waals surface area contributed by atoms with Crippen molar-refractivity contribution < 1.29 is 4.79 Å². The van der Waals surface area contributed by atoms with E-state index in [0.717, 1.165) is 48.2 Å². The highest BCUT2D eigenvalue weighted by molar-refractivity contribution is 6.09. The molecule has 27 heavy (non-hydrogen) atoms. The summed E-state index contributed by atoms with van der Waals surface area (Å²) in [6.07, 6.45) is 3.55. The third-order valence-electron chi connectivity index (χ3n) is 5.25. The molecule has 2 aromatic carbocycles. The zero-order chi connectivity index (χ0) is 18.8. The number of carbonyl (C=O) groups is 1. The van der Waals surface area contributed by atoms with Gasteiger partial charge in [0, 0.05) is 66.3 Å². The van der Waals surface area contributed by atoms with Crippen LogP contribution >= 0.6 is 0 Å². The van der Waals surface area contributed by atoms with Crippen LogP contribution in [0.1, 0.15) is 15.9 Å². The average molecular weight is 360 g/mol. The minimum absolute atomic E-state index is 0.0817. The van der Waals surface area contributed by atoms with Crippen LogP contribution in [0.4, 0.5) is 11.4 Å². The van der Waals surface area contributed by atoms with Gasteiger partial charge in [-0.2, -0.15) is 0 Å². The molecule has 1 aliphatic heterocycles. The van der Waals surface area contributed by atoms with Gasteiger partial charge < -0.3 is 15.1 Å². The Hall–Kier alpha value is -2.92. The Balaban J connectivity index is 1.55. The molecular formula is C22H24N4O. The molecule has 3 aromatic rings. The second-order valence-corrected chi connectivity index (χ2v) is 7.15. The van der Waals surface area contributed by atoms with Crippen LogP contribution in [0.3, 0.4) is 0 Å². The van der Waals surface area contributed by atoms with Crippen molar-refractivity contribution in [3.8, 4) is 0 Å². The van der Waals surface area contributed by atoms with E-state index in [2.05, 4.69) is 39.3 Å². The summed E-state index contributed by atoms with van der Waals surface area (Å²) in [4.78, 5) is 21.7. The maximum Gasteiger partial charge on any atom is 0.255 e. The van der Waals surface area contributed by atoms with Crippen LogP contribution in [0.15, 0.2) is 54.9 Å². The molecule has 2 heterocycles. The van der Waals surface area contributed by atoms with Crippen LogP contribution in [-0.2, 0) is 0 Å². The van der Waals surface area contributed by atoms with E-state index in [-0.39, 0.29) is 5.91 Å². The van der Waals surface area contributed by atoms with E-state index >= 15 is 0 Å². The molecule has 0 saturated carbocycles. The quantitative estimate of drug-likeness (QED) is 0.776. The number of carbonyl (C=O) groups excluding carboxylic acids is 1. The Morgan fingerprint density at radius 2 is 1.89 bits per heavy atom. The topological polar surface area (TPSA) is 48.5 Å². The summed E-state index contributed by atoms with van der Waals surface area (Å²) >= 11 is 0. The van der Waals surface area contributed by atoms with Gasteiger partial charge in [0.2, 0.25) is 0 Å². The first-order valence-corrected chi connectivity index (χ1v) is 9.30. The zero-order valence-corrected chi connectivity index (χ0v) is 15.8. The fourth-order valence-electron chi connectivity index (χ4n) is 3.59. The Morgan fingerprint density at radius 1 is 1.07 bits per heavy atom. The lowest BCUT2D eigenvalue weighted by molar-refractivity contribution is 0.102. The molecule has 1 fully saturated rings. The molecule has 0 unspecified atom stereocenters. The van der Waals surface area contributed by atoms with Crippen LogP contribution in [0, 0.1) is 6.92 Å². The van der Waals surface area contributed by atoms with Crippen molar-refractivity contribution >= 4 is 28.1 Å². The number of nitrogens with one attached hydrogen (secondary N) is 1. The number of aryl methyl sites for hydroxylation is 1. The van der Waals surface area contributed by atoms with Crippen molar-refractivity contribution in [2.24, 2.45) is 0 Å². The third-order valence-corrected chi connectivity index (χ3v) is 5.25. The van der Waals surface area contributed by atoms with E-state index in [4.69, 9.17) is 0 Å². The summed E-state index contributed by atoms with van der Waals surface area (Å²) in [6, 6.07) is 13.9. The number of pyridine rings is 1. The molecule has 0 aliphatic carbocycles. The smallest absolute Gasteiger partial charge is 0.255 e. The first-order chi connectivity index (χ1) is 13.1. The molecule has 1 aliphatic rings. The van der Waals surface area contributed by atoms with Gasteiger partial charge in [-0.15, -0.1) is 0 Å². The maximum absolute atomic E-state index is 12.9. The predicted octanol–water partition coefficient (Wildman–Crippen LogP) is 3.55. The van der Waals surface area contributed by atoms with Gasteiger partial charge in [-0.3, -0.25) is 9.78 Å². The standard InChI is InChI=1S/C22H24N4O/c1-16-14-18(26-12-10-25(2)11-13-26)6-7-19(16)22(27)24-21-5-3-4-17-15-23-9-8-20(17)21/h3-9,14-15H,10-13H2,1-2H3,(H,24,27). The predicted molar refractivity (Wildman–Crippen MR) is 111 cm³/mol. The minimum atomic E-state index is -0.0817. The number of hydrogen-bond acceptors (Lipinski definition) is 4. The number of nitrogens with zero attached hydrogens (tertiary/aromatic N) is 3. The van der Waals surface area contributed by atoms with Crippen LogP contribution in [0.25, 0.3) is 10.8 Å². The molecule has 5 heteroatoms. The van der Waals surface area contributed by atoms with Crippen LogP contribution < -0.4 is 10.2 Å². The number of benzene rings is 2. The number of likely N-dealkylation sites (N-methyl/N-ethyl adjacent to an activating group) is 1. The highest BCUT2D eigenvalue weighted by Gasteiger charge is 2.17. The summed E-state index contributed by atoms with van der Waals surface area (Å²) in [7, 11) is 2.15. The largest absolute Gasteiger partial charge is 0.369 e. The molecule has 0 spiro atoms. The lowest BCUT2D eigenvalue weighted by atomic mass is 10.1. The molecular weight excluding hydrogens is 336 g/mol. The van der Waals surface area contributed by atoms with E-state index in [0.29, 0.717) is 5.56 Å². The molecule has 1 amide bonds. The van der Waals surface area contributed by atoms with Crippen molar-refractivity contribution in [2.45, 2.75) is 6.92 Å². The molecule has 0 atom stereocenters. The zero-order valence-electron chi connectivity index (χ0n) is 15.8.